The van der Waals surface area contributed by atoms with E-state index in [-0.39, 0.29) is 10.6 Å². The number of piperidine rings is 1. The summed E-state index contributed by atoms with van der Waals surface area (Å²) in [5, 5.41) is 17.7. The molecule has 2 N–H and O–H groups in total. The Balaban J connectivity index is 1.89. The number of likely N-dealkylation sites (tertiary alicyclic amines) is 1. The van der Waals surface area contributed by atoms with Gasteiger partial charge in [-0.3, -0.25) is 10.1 Å². The van der Waals surface area contributed by atoms with Crippen LogP contribution >= 0.6 is 0 Å². The third-order valence-corrected chi connectivity index (χ3v) is 4.64. The first-order valence-electron chi connectivity index (χ1n) is 9.63. The molecule has 7 nitrogen and oxygen atoms in total. The Kier molecular flexibility index (Phi) is 8.34. The molecule has 1 aromatic carbocycles. The summed E-state index contributed by atoms with van der Waals surface area (Å²) in [5.41, 5.74) is 0.945. The molecule has 144 valence electrons. The van der Waals surface area contributed by atoms with E-state index in [1.807, 2.05) is 13.0 Å². The number of non-ortho nitro benzene ring substituents is 1. The summed E-state index contributed by atoms with van der Waals surface area (Å²) in [4.78, 5) is 17.7. The van der Waals surface area contributed by atoms with Crippen LogP contribution in [0.2, 0.25) is 0 Å². The molecule has 1 fully saturated rings. The van der Waals surface area contributed by atoms with E-state index < -0.39 is 0 Å². The van der Waals surface area contributed by atoms with E-state index in [0.29, 0.717) is 12.6 Å². The van der Waals surface area contributed by atoms with Gasteiger partial charge in [0, 0.05) is 37.8 Å². The second-order valence-electron chi connectivity index (χ2n) is 6.74. The second kappa shape index (κ2) is 10.8. The molecule has 1 aliphatic rings. The quantitative estimate of drug-likeness (QED) is 0.322. The summed E-state index contributed by atoms with van der Waals surface area (Å²) in [7, 11) is 0. The Morgan fingerprint density at radius 1 is 1.35 bits per heavy atom. The minimum atomic E-state index is -0.372. The molecule has 0 radical (unpaired) electrons. The highest BCUT2D eigenvalue weighted by Crippen LogP contribution is 2.14. The van der Waals surface area contributed by atoms with E-state index in [1.165, 1.54) is 25.5 Å². The number of nitrogens with zero attached hydrogens (tertiary/aromatic N) is 3. The third-order valence-electron chi connectivity index (χ3n) is 4.64. The van der Waals surface area contributed by atoms with Crippen LogP contribution in [0.4, 0.5) is 5.69 Å². The first kappa shape index (κ1) is 20.2. The summed E-state index contributed by atoms with van der Waals surface area (Å²) in [6, 6.07) is 7.08. The number of nitro groups is 1. The van der Waals surface area contributed by atoms with Crippen molar-refractivity contribution < 1.29 is 4.92 Å². The number of nitrogens with one attached hydrogen (secondary N) is 2. The lowest BCUT2D eigenvalue weighted by atomic mass is 10.0. The standard InChI is InChI=1S/C19H31N5O2/c1-3-5-11-23-12-9-17(10-13-23)22-19(20-4-2)21-15-16-7-6-8-18(14-16)24(25)26/h6-8,14,17H,3-5,9-13,15H2,1-2H3,(H2,20,21,22). The molecular formula is C19H31N5O2. The molecule has 1 aliphatic heterocycles. The number of nitro benzene ring substituents is 1. The van der Waals surface area contributed by atoms with Crippen LogP contribution in [0.25, 0.3) is 0 Å². The van der Waals surface area contributed by atoms with Crippen LogP contribution in [0.3, 0.4) is 0 Å². The molecule has 0 aliphatic carbocycles. The zero-order valence-electron chi connectivity index (χ0n) is 15.9. The maximum atomic E-state index is 10.9. The molecule has 2 rings (SSSR count). The van der Waals surface area contributed by atoms with Crippen molar-refractivity contribution in [3.05, 3.63) is 39.9 Å². The molecule has 0 atom stereocenters. The molecule has 0 saturated carbocycles. The summed E-state index contributed by atoms with van der Waals surface area (Å²) in [6.45, 7) is 8.93. The fourth-order valence-electron chi connectivity index (χ4n) is 3.13. The number of aliphatic imine (C=N–C) groups is 1. The Bertz CT molecular complexity index is 597. The average molecular weight is 361 g/mol. The zero-order valence-corrected chi connectivity index (χ0v) is 15.9. The highest BCUT2D eigenvalue weighted by atomic mass is 16.6. The third kappa shape index (κ3) is 6.63. The summed E-state index contributed by atoms with van der Waals surface area (Å²) in [6.07, 6.45) is 4.74. The van der Waals surface area contributed by atoms with E-state index in [1.54, 1.807) is 12.1 Å². The van der Waals surface area contributed by atoms with Gasteiger partial charge >= 0.3 is 0 Å². The van der Waals surface area contributed by atoms with Crippen LogP contribution in [-0.4, -0.2) is 48.0 Å². The van der Waals surface area contributed by atoms with Gasteiger partial charge in [0.1, 0.15) is 0 Å². The Hall–Kier alpha value is -2.15. The van der Waals surface area contributed by atoms with Gasteiger partial charge in [0.25, 0.3) is 5.69 Å². The molecule has 1 saturated heterocycles. The van der Waals surface area contributed by atoms with E-state index in [9.17, 15) is 10.1 Å². The molecule has 0 amide bonds. The van der Waals surface area contributed by atoms with Crippen molar-refractivity contribution in [3.63, 3.8) is 0 Å². The zero-order chi connectivity index (χ0) is 18.8. The SMILES string of the molecule is CCCCN1CCC(NC(=NCc2cccc([N+](=O)[O-])c2)NCC)CC1. The van der Waals surface area contributed by atoms with Crippen molar-refractivity contribution in [1.82, 2.24) is 15.5 Å². The molecule has 1 heterocycles. The Morgan fingerprint density at radius 3 is 2.77 bits per heavy atom. The van der Waals surface area contributed by atoms with Gasteiger partial charge in [0.2, 0.25) is 0 Å². The molecule has 7 heteroatoms. The summed E-state index contributed by atoms with van der Waals surface area (Å²) < 4.78 is 0. The minimum Gasteiger partial charge on any atom is -0.357 e. The lowest BCUT2D eigenvalue weighted by molar-refractivity contribution is -0.384. The average Bonchev–Trinajstić information content (AvgIpc) is 2.66. The highest BCUT2D eigenvalue weighted by Gasteiger charge is 2.19. The van der Waals surface area contributed by atoms with Crippen LogP contribution in [-0.2, 0) is 6.54 Å². The molecule has 0 unspecified atom stereocenters. The van der Waals surface area contributed by atoms with Crippen molar-refractivity contribution in [2.24, 2.45) is 4.99 Å². The van der Waals surface area contributed by atoms with Crippen LogP contribution in [0.1, 0.15) is 45.1 Å². The van der Waals surface area contributed by atoms with Gasteiger partial charge < -0.3 is 15.5 Å². The number of unbranched alkanes of at least 4 members (excludes halogenated alkanes) is 1. The fourth-order valence-corrected chi connectivity index (χ4v) is 3.13. The van der Waals surface area contributed by atoms with Crippen molar-refractivity contribution >= 4 is 11.6 Å². The minimum absolute atomic E-state index is 0.107. The molecule has 0 spiro atoms. The second-order valence-corrected chi connectivity index (χ2v) is 6.74. The van der Waals surface area contributed by atoms with E-state index in [0.717, 1.165) is 44.0 Å². The maximum Gasteiger partial charge on any atom is 0.269 e. The number of rotatable bonds is 8. The number of hydrogen-bond acceptors (Lipinski definition) is 4. The predicted octanol–water partition coefficient (Wildman–Crippen LogP) is 2.91. The van der Waals surface area contributed by atoms with E-state index in [2.05, 4.69) is 27.4 Å². The Morgan fingerprint density at radius 2 is 2.12 bits per heavy atom. The van der Waals surface area contributed by atoms with Gasteiger partial charge in [-0.05, 0) is 38.3 Å². The first-order valence-corrected chi connectivity index (χ1v) is 9.63. The highest BCUT2D eigenvalue weighted by molar-refractivity contribution is 5.80. The molecular weight excluding hydrogens is 330 g/mol. The number of hydrogen-bond donors (Lipinski definition) is 2. The molecule has 0 aromatic heterocycles. The van der Waals surface area contributed by atoms with Gasteiger partial charge in [0.15, 0.2) is 5.96 Å². The van der Waals surface area contributed by atoms with Gasteiger partial charge in [-0.25, -0.2) is 4.99 Å². The normalized spacial score (nSPS) is 16.5. The van der Waals surface area contributed by atoms with Crippen molar-refractivity contribution in [3.8, 4) is 0 Å². The molecule has 0 bridgehead atoms. The van der Waals surface area contributed by atoms with Crippen LogP contribution < -0.4 is 10.6 Å². The maximum absolute atomic E-state index is 10.9. The van der Waals surface area contributed by atoms with Crippen molar-refractivity contribution in [1.29, 1.82) is 0 Å². The van der Waals surface area contributed by atoms with Crippen LogP contribution in [0.15, 0.2) is 29.3 Å². The van der Waals surface area contributed by atoms with Gasteiger partial charge in [0.05, 0.1) is 11.5 Å². The monoisotopic (exact) mass is 361 g/mol. The van der Waals surface area contributed by atoms with Crippen LogP contribution in [0.5, 0.6) is 0 Å². The van der Waals surface area contributed by atoms with E-state index >= 15 is 0 Å². The first-order chi connectivity index (χ1) is 12.6. The lowest BCUT2D eigenvalue weighted by Gasteiger charge is -2.33. The summed E-state index contributed by atoms with van der Waals surface area (Å²) >= 11 is 0. The van der Waals surface area contributed by atoms with Crippen molar-refractivity contribution in [2.75, 3.05) is 26.2 Å². The van der Waals surface area contributed by atoms with Crippen molar-refractivity contribution in [2.45, 2.75) is 52.1 Å². The van der Waals surface area contributed by atoms with Crippen LogP contribution in [0, 0.1) is 10.1 Å². The van der Waals surface area contributed by atoms with E-state index in [4.69, 9.17) is 0 Å². The predicted molar refractivity (Wildman–Crippen MR) is 105 cm³/mol. The van der Waals surface area contributed by atoms with Gasteiger partial charge in [-0.1, -0.05) is 25.5 Å². The number of benzene rings is 1. The molecule has 26 heavy (non-hydrogen) atoms. The largest absolute Gasteiger partial charge is 0.357 e. The Labute approximate surface area is 156 Å². The lowest BCUT2D eigenvalue weighted by Crippen LogP contribution is -2.48. The van der Waals surface area contributed by atoms with Gasteiger partial charge in [-0.2, -0.15) is 0 Å². The topological polar surface area (TPSA) is 82.8 Å². The number of guanidine groups is 1. The summed E-state index contributed by atoms with van der Waals surface area (Å²) in [5.74, 6) is 0.783. The van der Waals surface area contributed by atoms with Gasteiger partial charge in [-0.15, -0.1) is 0 Å². The smallest absolute Gasteiger partial charge is 0.269 e. The fraction of sp³-hybridized carbons (Fsp3) is 0.632. The molecule has 1 aromatic rings.